The van der Waals surface area contributed by atoms with Gasteiger partial charge in [-0.1, -0.05) is 28.8 Å². The molecule has 34 heavy (non-hydrogen) atoms. The van der Waals surface area contributed by atoms with Crippen LogP contribution in [0.5, 0.6) is 5.75 Å². The summed E-state index contributed by atoms with van der Waals surface area (Å²) in [6.45, 7) is 4.40. The summed E-state index contributed by atoms with van der Waals surface area (Å²) < 4.78 is 7.85. The number of halogens is 1. The molecule has 1 atom stereocenters. The molecule has 0 unspecified atom stereocenters. The van der Waals surface area contributed by atoms with Crippen molar-refractivity contribution in [2.75, 3.05) is 13.7 Å². The number of nitrogens with one attached hydrogen (secondary N) is 2. The first-order valence-electron chi connectivity index (χ1n) is 11.6. The van der Waals surface area contributed by atoms with E-state index in [1.807, 2.05) is 25.1 Å². The molecule has 1 aromatic carbocycles. The van der Waals surface area contributed by atoms with Gasteiger partial charge in [0.2, 0.25) is 5.91 Å². The summed E-state index contributed by atoms with van der Waals surface area (Å²) >= 11 is 3.43. The average molecular weight is 532 g/mol. The maximum Gasteiger partial charge on any atom is 0.273 e. The van der Waals surface area contributed by atoms with Crippen molar-refractivity contribution in [1.29, 1.82) is 0 Å². The molecule has 1 aliphatic heterocycles. The van der Waals surface area contributed by atoms with Crippen LogP contribution in [0.2, 0.25) is 0 Å². The topological polar surface area (TPSA) is 106 Å². The van der Waals surface area contributed by atoms with Gasteiger partial charge >= 0.3 is 0 Å². The maximum absolute atomic E-state index is 13.5. The highest BCUT2D eigenvalue weighted by Crippen LogP contribution is 2.30. The summed E-state index contributed by atoms with van der Waals surface area (Å²) in [5.41, 5.74) is -0.0159. The Hall–Kier alpha value is -2.88. The quantitative estimate of drug-likeness (QED) is 0.571. The third-order valence-electron chi connectivity index (χ3n) is 6.75. The minimum atomic E-state index is -1.06. The average Bonchev–Trinajstić information content (AvgIpc) is 3.47. The molecule has 0 spiro atoms. The van der Waals surface area contributed by atoms with E-state index < -0.39 is 11.4 Å². The summed E-state index contributed by atoms with van der Waals surface area (Å²) in [6, 6.07) is 5.68. The highest BCUT2D eigenvalue weighted by Gasteiger charge is 2.48. The monoisotopic (exact) mass is 531 g/mol. The number of carbonyl (C=O) groups is 3. The second-order valence-corrected chi connectivity index (χ2v) is 9.90. The van der Waals surface area contributed by atoms with Gasteiger partial charge in [-0.05, 0) is 44.9 Å². The molecule has 182 valence electrons. The van der Waals surface area contributed by atoms with Crippen molar-refractivity contribution in [2.45, 2.75) is 64.2 Å². The minimum Gasteiger partial charge on any atom is -0.496 e. The van der Waals surface area contributed by atoms with Crippen LogP contribution in [0.4, 0.5) is 0 Å². The van der Waals surface area contributed by atoms with E-state index in [1.165, 1.54) is 6.33 Å². The van der Waals surface area contributed by atoms with Crippen molar-refractivity contribution in [3.63, 3.8) is 0 Å². The maximum atomic E-state index is 13.5. The Morgan fingerprint density at radius 1 is 1.29 bits per heavy atom. The van der Waals surface area contributed by atoms with Crippen LogP contribution in [0.15, 0.2) is 29.0 Å². The molecule has 2 heterocycles. The number of ether oxygens (including phenoxy) is 1. The fraction of sp³-hybridized carbons (Fsp3) is 0.500. The molecule has 10 heteroatoms. The molecule has 1 saturated carbocycles. The molecular formula is C24H30BrN5O4. The van der Waals surface area contributed by atoms with Crippen molar-refractivity contribution < 1.29 is 19.1 Å². The summed E-state index contributed by atoms with van der Waals surface area (Å²) in [5, 5.41) is 5.96. The van der Waals surface area contributed by atoms with Crippen molar-refractivity contribution in [3.05, 3.63) is 46.0 Å². The number of imidazole rings is 1. The standard InChI is InChI=1S/C24H30BrN5O4/c1-4-30-22(32)20-19(21(31)26-12-15-11-16(25)9-10-18(15)34-3)27-14-29(20)13-24(30,2)23(33)28-17-7-5-6-8-17/h9-11,14,17H,4-8,12-13H2,1-3H3,(H,26,31)(H,28,33)/t24-/m1/s1. The first-order chi connectivity index (χ1) is 16.3. The van der Waals surface area contributed by atoms with Gasteiger partial charge in [0.15, 0.2) is 5.69 Å². The van der Waals surface area contributed by atoms with E-state index in [9.17, 15) is 14.4 Å². The number of hydrogen-bond acceptors (Lipinski definition) is 5. The summed E-state index contributed by atoms with van der Waals surface area (Å²) in [4.78, 5) is 45.5. The fourth-order valence-electron chi connectivity index (χ4n) is 4.90. The van der Waals surface area contributed by atoms with Gasteiger partial charge in [0.05, 0.1) is 20.0 Å². The lowest BCUT2D eigenvalue weighted by atomic mass is 9.94. The lowest BCUT2D eigenvalue weighted by molar-refractivity contribution is -0.133. The second kappa shape index (κ2) is 9.77. The summed E-state index contributed by atoms with van der Waals surface area (Å²) in [5.74, 6) is -0.353. The van der Waals surface area contributed by atoms with E-state index in [1.54, 1.807) is 23.5 Å². The highest BCUT2D eigenvalue weighted by molar-refractivity contribution is 9.10. The van der Waals surface area contributed by atoms with Crippen molar-refractivity contribution in [1.82, 2.24) is 25.1 Å². The first kappa shape index (κ1) is 24.3. The predicted octanol–water partition coefficient (Wildman–Crippen LogP) is 2.88. The van der Waals surface area contributed by atoms with Crippen LogP contribution in [0.3, 0.4) is 0 Å². The first-order valence-corrected chi connectivity index (χ1v) is 12.4. The van der Waals surface area contributed by atoms with Crippen LogP contribution in [-0.4, -0.2) is 57.4 Å². The summed E-state index contributed by atoms with van der Waals surface area (Å²) in [7, 11) is 1.57. The van der Waals surface area contributed by atoms with Crippen molar-refractivity contribution in [3.8, 4) is 5.75 Å². The third-order valence-corrected chi connectivity index (χ3v) is 7.25. The Morgan fingerprint density at radius 3 is 2.71 bits per heavy atom. The molecular weight excluding hydrogens is 502 g/mol. The Morgan fingerprint density at radius 2 is 2.03 bits per heavy atom. The van der Waals surface area contributed by atoms with Crippen LogP contribution in [-0.2, 0) is 17.9 Å². The van der Waals surface area contributed by atoms with E-state index in [-0.39, 0.29) is 42.3 Å². The van der Waals surface area contributed by atoms with Crippen molar-refractivity contribution >= 4 is 33.7 Å². The lowest BCUT2D eigenvalue weighted by Gasteiger charge is -2.43. The van der Waals surface area contributed by atoms with Crippen molar-refractivity contribution in [2.24, 2.45) is 0 Å². The molecule has 0 bridgehead atoms. The smallest absolute Gasteiger partial charge is 0.273 e. The molecule has 4 rings (SSSR count). The minimum absolute atomic E-state index is 0.0515. The fourth-order valence-corrected chi connectivity index (χ4v) is 5.31. The number of methoxy groups -OCH3 is 1. The Labute approximate surface area is 207 Å². The zero-order chi connectivity index (χ0) is 24.5. The number of amides is 3. The third kappa shape index (κ3) is 4.43. The van der Waals surface area contributed by atoms with E-state index >= 15 is 0 Å². The van der Waals surface area contributed by atoms with E-state index in [2.05, 4.69) is 31.5 Å². The number of benzene rings is 1. The molecule has 1 aliphatic carbocycles. The van der Waals surface area contributed by atoms with Gasteiger partial charge in [-0.3, -0.25) is 14.4 Å². The van der Waals surface area contributed by atoms with Gasteiger partial charge in [0, 0.05) is 29.2 Å². The number of carbonyl (C=O) groups excluding carboxylic acids is 3. The number of hydrogen-bond donors (Lipinski definition) is 2. The van der Waals surface area contributed by atoms with Gasteiger partial charge in [-0.2, -0.15) is 0 Å². The zero-order valence-electron chi connectivity index (χ0n) is 19.7. The molecule has 9 nitrogen and oxygen atoms in total. The predicted molar refractivity (Wildman–Crippen MR) is 130 cm³/mol. The SMILES string of the molecule is CCN1C(=O)c2c(C(=O)NCc3cc(Br)ccc3OC)ncn2C[C@]1(C)C(=O)NC1CCCC1. The number of aromatic nitrogens is 2. The molecule has 0 saturated heterocycles. The highest BCUT2D eigenvalue weighted by atomic mass is 79.9. The van der Waals surface area contributed by atoms with Crippen LogP contribution < -0.4 is 15.4 Å². The van der Waals surface area contributed by atoms with Gasteiger partial charge < -0.3 is 24.8 Å². The summed E-state index contributed by atoms with van der Waals surface area (Å²) in [6.07, 6.45) is 5.61. The Bertz CT molecular complexity index is 1110. The molecule has 1 fully saturated rings. The molecule has 0 radical (unpaired) electrons. The van der Waals surface area contributed by atoms with E-state index in [4.69, 9.17) is 4.74 Å². The molecule has 2 N–H and O–H groups in total. The van der Waals surface area contributed by atoms with Crippen LogP contribution in [0, 0.1) is 0 Å². The van der Waals surface area contributed by atoms with Gasteiger partial charge in [0.1, 0.15) is 17.0 Å². The van der Waals surface area contributed by atoms with Gasteiger partial charge in [-0.25, -0.2) is 4.98 Å². The van der Waals surface area contributed by atoms with Gasteiger partial charge in [-0.15, -0.1) is 0 Å². The number of fused-ring (bicyclic) bond motifs is 1. The Balaban J connectivity index is 1.55. The Kier molecular flexibility index (Phi) is 6.97. The lowest BCUT2D eigenvalue weighted by Crippen LogP contribution is -2.64. The van der Waals surface area contributed by atoms with Crippen LogP contribution in [0.1, 0.15) is 66.1 Å². The van der Waals surface area contributed by atoms with E-state index in [0.717, 1.165) is 35.7 Å². The molecule has 2 aliphatic rings. The zero-order valence-corrected chi connectivity index (χ0v) is 21.3. The van der Waals surface area contributed by atoms with Gasteiger partial charge in [0.25, 0.3) is 11.8 Å². The van der Waals surface area contributed by atoms with Crippen LogP contribution >= 0.6 is 15.9 Å². The van der Waals surface area contributed by atoms with E-state index in [0.29, 0.717) is 12.3 Å². The molecule has 1 aromatic heterocycles. The second-order valence-electron chi connectivity index (χ2n) is 8.99. The number of nitrogens with zero attached hydrogens (tertiary/aromatic N) is 3. The van der Waals surface area contributed by atoms with Crippen LogP contribution in [0.25, 0.3) is 0 Å². The molecule has 2 aromatic rings. The number of likely N-dealkylation sites (N-methyl/N-ethyl adjacent to an activating group) is 1. The normalized spacial score (nSPS) is 20.2. The largest absolute Gasteiger partial charge is 0.496 e. The molecule has 3 amide bonds. The number of rotatable bonds is 7.